The first-order chi connectivity index (χ1) is 19.5. The molecular formula is C31H35N3O6. The van der Waals surface area contributed by atoms with Crippen LogP contribution >= 0.6 is 0 Å². The average molecular weight is 546 g/mol. The fourth-order valence-corrected chi connectivity index (χ4v) is 3.33. The van der Waals surface area contributed by atoms with Gasteiger partial charge in [0.05, 0.1) is 31.5 Å². The molecule has 3 aromatic rings. The number of nitrogens with one attached hydrogen (secondary N) is 2. The normalized spacial score (nSPS) is 10.7. The van der Waals surface area contributed by atoms with Gasteiger partial charge < -0.3 is 19.5 Å². The lowest BCUT2D eigenvalue weighted by Gasteiger charge is -2.07. The predicted molar refractivity (Wildman–Crippen MR) is 153 cm³/mol. The number of rotatable bonds is 15. The number of hydrogen-bond donors (Lipinski definition) is 2. The third-order valence-corrected chi connectivity index (χ3v) is 5.64. The Balaban J connectivity index is 1.39. The van der Waals surface area contributed by atoms with E-state index in [-0.39, 0.29) is 12.5 Å². The second-order valence-corrected chi connectivity index (χ2v) is 8.89. The summed E-state index contributed by atoms with van der Waals surface area (Å²) >= 11 is 0. The average Bonchev–Trinajstić information content (AvgIpc) is 2.98. The van der Waals surface area contributed by atoms with Gasteiger partial charge in [0.1, 0.15) is 17.2 Å². The largest absolute Gasteiger partial charge is 0.494 e. The Morgan fingerprint density at radius 1 is 0.725 bits per heavy atom. The van der Waals surface area contributed by atoms with Crippen LogP contribution in [0.3, 0.4) is 0 Å². The molecule has 0 aliphatic carbocycles. The molecule has 0 aliphatic rings. The van der Waals surface area contributed by atoms with Gasteiger partial charge in [-0.25, -0.2) is 10.2 Å². The van der Waals surface area contributed by atoms with E-state index in [2.05, 4.69) is 29.7 Å². The molecule has 0 radical (unpaired) electrons. The van der Waals surface area contributed by atoms with Crippen LogP contribution in [0.15, 0.2) is 77.9 Å². The van der Waals surface area contributed by atoms with Gasteiger partial charge in [-0.1, -0.05) is 26.7 Å². The molecule has 9 heteroatoms. The Hall–Kier alpha value is -4.66. The standard InChI is InChI=1S/C31H35N3O6/c1-3-5-19-38-26-15-9-24(10-16-26)30(36)32-22-29(35)34-33-21-23-7-13-28(14-8-23)40-31(37)25-11-17-27(18-12-25)39-20-6-4-2/h7-18,21H,3-6,19-20,22H2,1-2H3,(H,32,36)(H,34,35)/b33-21-. The summed E-state index contributed by atoms with van der Waals surface area (Å²) in [5.41, 5.74) is 3.88. The maximum Gasteiger partial charge on any atom is 0.343 e. The zero-order valence-corrected chi connectivity index (χ0v) is 22.9. The van der Waals surface area contributed by atoms with Crippen LogP contribution in [0.25, 0.3) is 0 Å². The van der Waals surface area contributed by atoms with E-state index in [9.17, 15) is 14.4 Å². The highest BCUT2D eigenvalue weighted by Gasteiger charge is 2.10. The minimum absolute atomic E-state index is 0.230. The van der Waals surface area contributed by atoms with E-state index in [1.54, 1.807) is 72.8 Å². The van der Waals surface area contributed by atoms with E-state index in [0.717, 1.165) is 25.7 Å². The Labute approximate surface area is 234 Å². The highest BCUT2D eigenvalue weighted by Crippen LogP contribution is 2.17. The van der Waals surface area contributed by atoms with Crippen LogP contribution in [0.1, 0.15) is 65.8 Å². The summed E-state index contributed by atoms with van der Waals surface area (Å²) in [6.07, 6.45) is 5.48. The molecule has 3 aromatic carbocycles. The van der Waals surface area contributed by atoms with Gasteiger partial charge in [0.25, 0.3) is 11.8 Å². The van der Waals surface area contributed by atoms with Gasteiger partial charge >= 0.3 is 5.97 Å². The number of ether oxygens (including phenoxy) is 3. The number of hydrazone groups is 1. The van der Waals surface area contributed by atoms with Gasteiger partial charge in [0.2, 0.25) is 0 Å². The van der Waals surface area contributed by atoms with Gasteiger partial charge in [-0.05, 0) is 91.2 Å². The van der Waals surface area contributed by atoms with E-state index in [0.29, 0.717) is 47.2 Å². The van der Waals surface area contributed by atoms with Crippen LogP contribution in [0.2, 0.25) is 0 Å². The summed E-state index contributed by atoms with van der Waals surface area (Å²) < 4.78 is 16.6. The first-order valence-electron chi connectivity index (χ1n) is 13.4. The number of hydrogen-bond acceptors (Lipinski definition) is 7. The molecular weight excluding hydrogens is 510 g/mol. The number of carbonyl (C=O) groups excluding carboxylic acids is 3. The van der Waals surface area contributed by atoms with Crippen molar-refractivity contribution in [3.8, 4) is 17.2 Å². The van der Waals surface area contributed by atoms with Gasteiger partial charge in [0, 0.05) is 5.56 Å². The van der Waals surface area contributed by atoms with Crippen molar-refractivity contribution >= 4 is 24.0 Å². The molecule has 0 unspecified atom stereocenters. The SMILES string of the molecule is CCCCOc1ccc(C(=O)NCC(=O)N/N=C\c2ccc(OC(=O)c3ccc(OCCCC)cc3)cc2)cc1. The Bertz CT molecular complexity index is 1260. The van der Waals surface area contributed by atoms with E-state index in [1.807, 2.05) is 0 Å². The van der Waals surface area contributed by atoms with Crippen molar-refractivity contribution in [2.45, 2.75) is 39.5 Å². The van der Waals surface area contributed by atoms with Crippen molar-refractivity contribution in [3.05, 3.63) is 89.5 Å². The number of amides is 2. The van der Waals surface area contributed by atoms with Crippen LogP contribution in [-0.4, -0.2) is 43.8 Å². The van der Waals surface area contributed by atoms with Crippen LogP contribution in [0, 0.1) is 0 Å². The molecule has 0 aliphatic heterocycles. The highest BCUT2D eigenvalue weighted by molar-refractivity contribution is 5.96. The molecule has 0 aromatic heterocycles. The summed E-state index contributed by atoms with van der Waals surface area (Å²) in [6.45, 7) is 5.22. The summed E-state index contributed by atoms with van der Waals surface area (Å²) in [4.78, 5) is 36.7. The van der Waals surface area contributed by atoms with Crippen molar-refractivity contribution < 1.29 is 28.6 Å². The molecule has 0 saturated heterocycles. The number of carbonyl (C=O) groups is 3. The lowest BCUT2D eigenvalue weighted by molar-refractivity contribution is -0.120. The molecule has 210 valence electrons. The molecule has 0 fully saturated rings. The van der Waals surface area contributed by atoms with Gasteiger partial charge in [0.15, 0.2) is 0 Å². The van der Waals surface area contributed by atoms with Gasteiger partial charge in [-0.15, -0.1) is 0 Å². The molecule has 0 saturated carbocycles. The topological polar surface area (TPSA) is 115 Å². The Morgan fingerprint density at radius 2 is 1.25 bits per heavy atom. The number of nitrogens with zero attached hydrogens (tertiary/aromatic N) is 1. The van der Waals surface area contributed by atoms with Crippen LogP contribution in [0.4, 0.5) is 0 Å². The fraction of sp³-hybridized carbons (Fsp3) is 0.290. The third kappa shape index (κ3) is 10.2. The quantitative estimate of drug-likeness (QED) is 0.0898. The Kier molecular flexibility index (Phi) is 12.2. The predicted octanol–water partition coefficient (Wildman–Crippen LogP) is 5.14. The van der Waals surface area contributed by atoms with E-state index >= 15 is 0 Å². The summed E-state index contributed by atoms with van der Waals surface area (Å²) in [5.74, 6) is 0.449. The van der Waals surface area contributed by atoms with Crippen molar-refractivity contribution in [2.24, 2.45) is 5.10 Å². The van der Waals surface area contributed by atoms with Gasteiger partial charge in [-0.2, -0.15) is 5.10 Å². The maximum absolute atomic E-state index is 12.4. The first kappa shape index (κ1) is 29.9. The summed E-state index contributed by atoms with van der Waals surface area (Å²) in [7, 11) is 0. The minimum atomic E-state index is -0.480. The molecule has 0 atom stereocenters. The van der Waals surface area contributed by atoms with E-state index in [4.69, 9.17) is 14.2 Å². The highest BCUT2D eigenvalue weighted by atomic mass is 16.5. The molecule has 2 amide bonds. The number of unbranched alkanes of at least 4 members (excludes halogenated alkanes) is 2. The third-order valence-electron chi connectivity index (χ3n) is 5.64. The second kappa shape index (κ2) is 16.3. The lowest BCUT2D eigenvalue weighted by atomic mass is 10.2. The number of benzene rings is 3. The minimum Gasteiger partial charge on any atom is -0.494 e. The van der Waals surface area contributed by atoms with Crippen LogP contribution in [0.5, 0.6) is 17.2 Å². The van der Waals surface area contributed by atoms with E-state index < -0.39 is 11.9 Å². The molecule has 0 bridgehead atoms. The van der Waals surface area contributed by atoms with E-state index in [1.165, 1.54) is 6.21 Å². The molecule has 40 heavy (non-hydrogen) atoms. The molecule has 0 heterocycles. The first-order valence-corrected chi connectivity index (χ1v) is 13.4. The fourth-order valence-electron chi connectivity index (χ4n) is 3.33. The summed E-state index contributed by atoms with van der Waals surface area (Å²) in [6, 6.07) is 20.2. The van der Waals surface area contributed by atoms with Crippen molar-refractivity contribution in [1.82, 2.24) is 10.7 Å². The number of esters is 1. The monoisotopic (exact) mass is 545 g/mol. The zero-order valence-electron chi connectivity index (χ0n) is 22.9. The summed E-state index contributed by atoms with van der Waals surface area (Å²) in [5, 5.41) is 6.45. The van der Waals surface area contributed by atoms with Crippen molar-refractivity contribution in [3.63, 3.8) is 0 Å². The zero-order chi connectivity index (χ0) is 28.6. The van der Waals surface area contributed by atoms with Gasteiger partial charge in [-0.3, -0.25) is 9.59 Å². The maximum atomic E-state index is 12.4. The van der Waals surface area contributed by atoms with Crippen molar-refractivity contribution in [1.29, 1.82) is 0 Å². The van der Waals surface area contributed by atoms with Crippen LogP contribution in [-0.2, 0) is 4.79 Å². The Morgan fingerprint density at radius 3 is 1.80 bits per heavy atom. The smallest absolute Gasteiger partial charge is 0.343 e. The molecule has 3 rings (SSSR count). The molecule has 9 nitrogen and oxygen atoms in total. The van der Waals surface area contributed by atoms with Crippen molar-refractivity contribution in [2.75, 3.05) is 19.8 Å². The van der Waals surface area contributed by atoms with Crippen LogP contribution < -0.4 is 25.0 Å². The molecule has 0 spiro atoms. The lowest BCUT2D eigenvalue weighted by Crippen LogP contribution is -2.34. The molecule has 2 N–H and O–H groups in total. The second-order valence-electron chi connectivity index (χ2n) is 8.89.